The quantitative estimate of drug-likeness (QED) is 0.863. The number of benzene rings is 2. The molecule has 2 aromatic carbocycles. The lowest BCUT2D eigenvalue weighted by molar-refractivity contribution is -0.135. The van der Waals surface area contributed by atoms with Gasteiger partial charge in [0.15, 0.2) is 0 Å². The van der Waals surface area contributed by atoms with Crippen LogP contribution in [0.3, 0.4) is 0 Å². The summed E-state index contributed by atoms with van der Waals surface area (Å²) in [6.45, 7) is 5.69. The smallest absolute Gasteiger partial charge is 0.317 e. The number of nitrogens with zero attached hydrogens (tertiary/aromatic N) is 1. The van der Waals surface area contributed by atoms with Crippen LogP contribution in [-0.4, -0.2) is 17.4 Å². The van der Waals surface area contributed by atoms with Gasteiger partial charge in [-0.15, -0.1) is 0 Å². The summed E-state index contributed by atoms with van der Waals surface area (Å²) in [5.41, 5.74) is 0.790. The Morgan fingerprint density at radius 3 is 1.86 bits per heavy atom. The molecule has 2 rings (SSSR count). The van der Waals surface area contributed by atoms with Crippen LogP contribution in [0.15, 0.2) is 60.7 Å². The summed E-state index contributed by atoms with van der Waals surface area (Å²) < 4.78 is 0. The van der Waals surface area contributed by atoms with Crippen LogP contribution in [-0.2, 0) is 9.59 Å². The zero-order valence-electron chi connectivity index (χ0n) is 13.0. The lowest BCUT2D eigenvalue weighted by atomic mass is 10.0. The molecule has 0 saturated carbocycles. The third kappa shape index (κ3) is 3.73. The van der Waals surface area contributed by atoms with E-state index >= 15 is 0 Å². The Kier molecular flexibility index (Phi) is 4.61. The standard InChI is InChI=1S/C18H20N2O2/c1-18(2,3)20(15-12-8-5-9-13-15)17(22)16(21)19-14-10-6-4-7-11-14/h4-13H,1-3H3,(H,19,21). The van der Waals surface area contributed by atoms with Gasteiger partial charge in [0.1, 0.15) is 0 Å². The van der Waals surface area contributed by atoms with E-state index in [0.717, 1.165) is 0 Å². The molecule has 0 spiro atoms. The fourth-order valence-corrected chi connectivity index (χ4v) is 2.19. The molecule has 0 bridgehead atoms. The molecule has 0 atom stereocenters. The van der Waals surface area contributed by atoms with Crippen molar-refractivity contribution in [3.63, 3.8) is 0 Å². The topological polar surface area (TPSA) is 49.4 Å². The van der Waals surface area contributed by atoms with Crippen molar-refractivity contribution in [1.82, 2.24) is 0 Å². The highest BCUT2D eigenvalue weighted by Crippen LogP contribution is 2.24. The van der Waals surface area contributed by atoms with Crippen molar-refractivity contribution in [3.05, 3.63) is 60.7 Å². The number of amides is 2. The van der Waals surface area contributed by atoms with Gasteiger partial charge in [0, 0.05) is 16.9 Å². The van der Waals surface area contributed by atoms with Crippen LogP contribution in [0.1, 0.15) is 20.8 Å². The van der Waals surface area contributed by atoms with Crippen molar-refractivity contribution < 1.29 is 9.59 Å². The first-order valence-electron chi connectivity index (χ1n) is 7.15. The SMILES string of the molecule is CC(C)(C)N(C(=O)C(=O)Nc1ccccc1)c1ccccc1. The molecular formula is C18H20N2O2. The molecule has 2 amide bonds. The van der Waals surface area contributed by atoms with E-state index in [9.17, 15) is 9.59 Å². The Labute approximate surface area is 130 Å². The van der Waals surface area contributed by atoms with Gasteiger partial charge in [0.2, 0.25) is 0 Å². The Bertz CT molecular complexity index is 646. The summed E-state index contributed by atoms with van der Waals surface area (Å²) >= 11 is 0. The van der Waals surface area contributed by atoms with E-state index in [4.69, 9.17) is 0 Å². The van der Waals surface area contributed by atoms with Gasteiger partial charge in [0.25, 0.3) is 0 Å². The highest BCUT2D eigenvalue weighted by molar-refractivity contribution is 6.44. The van der Waals surface area contributed by atoms with Gasteiger partial charge in [-0.3, -0.25) is 14.5 Å². The van der Waals surface area contributed by atoms with Gasteiger partial charge in [-0.05, 0) is 45.0 Å². The fraction of sp³-hybridized carbons (Fsp3) is 0.222. The Hall–Kier alpha value is -2.62. The number of hydrogen-bond donors (Lipinski definition) is 1. The molecule has 2 aromatic rings. The number of carbonyl (C=O) groups excluding carboxylic acids is 2. The van der Waals surface area contributed by atoms with Crippen LogP contribution in [0.25, 0.3) is 0 Å². The van der Waals surface area contributed by atoms with E-state index in [1.165, 1.54) is 4.90 Å². The summed E-state index contributed by atoms with van der Waals surface area (Å²) in [5, 5.41) is 2.63. The molecule has 4 nitrogen and oxygen atoms in total. The second-order valence-corrected chi connectivity index (χ2v) is 5.97. The first-order valence-corrected chi connectivity index (χ1v) is 7.15. The Morgan fingerprint density at radius 2 is 1.36 bits per heavy atom. The van der Waals surface area contributed by atoms with Crippen LogP contribution in [0.4, 0.5) is 11.4 Å². The zero-order chi connectivity index (χ0) is 16.2. The maximum atomic E-state index is 12.6. The average Bonchev–Trinajstić information content (AvgIpc) is 2.48. The minimum Gasteiger partial charge on any atom is -0.318 e. The maximum Gasteiger partial charge on any atom is 0.317 e. The molecule has 114 valence electrons. The fourth-order valence-electron chi connectivity index (χ4n) is 2.19. The summed E-state index contributed by atoms with van der Waals surface area (Å²) in [6.07, 6.45) is 0. The summed E-state index contributed by atoms with van der Waals surface area (Å²) in [6, 6.07) is 18.1. The Balaban J connectivity index is 2.25. The van der Waals surface area contributed by atoms with E-state index in [2.05, 4.69) is 5.32 Å². The van der Waals surface area contributed by atoms with Gasteiger partial charge in [-0.1, -0.05) is 36.4 Å². The minimum absolute atomic E-state index is 0.507. The van der Waals surface area contributed by atoms with E-state index < -0.39 is 17.4 Å². The molecule has 0 aliphatic heterocycles. The zero-order valence-corrected chi connectivity index (χ0v) is 13.0. The molecule has 0 heterocycles. The Morgan fingerprint density at radius 1 is 0.864 bits per heavy atom. The third-order valence-electron chi connectivity index (χ3n) is 3.11. The molecule has 22 heavy (non-hydrogen) atoms. The number of nitrogens with one attached hydrogen (secondary N) is 1. The maximum absolute atomic E-state index is 12.6. The highest BCUT2D eigenvalue weighted by atomic mass is 16.2. The van der Waals surface area contributed by atoms with Crippen LogP contribution < -0.4 is 10.2 Å². The molecule has 0 fully saturated rings. The van der Waals surface area contributed by atoms with Crippen LogP contribution in [0, 0.1) is 0 Å². The minimum atomic E-state index is -0.648. The lowest BCUT2D eigenvalue weighted by Gasteiger charge is -2.35. The first-order chi connectivity index (χ1) is 10.4. The van der Waals surface area contributed by atoms with E-state index in [0.29, 0.717) is 11.4 Å². The van der Waals surface area contributed by atoms with Crippen molar-refractivity contribution in [1.29, 1.82) is 0 Å². The van der Waals surface area contributed by atoms with Gasteiger partial charge in [-0.2, -0.15) is 0 Å². The van der Waals surface area contributed by atoms with Crippen LogP contribution >= 0.6 is 0 Å². The second kappa shape index (κ2) is 6.43. The molecule has 0 saturated heterocycles. The molecule has 0 radical (unpaired) electrons. The summed E-state index contributed by atoms with van der Waals surface area (Å²) in [4.78, 5) is 26.4. The van der Waals surface area contributed by atoms with E-state index in [-0.39, 0.29) is 0 Å². The molecule has 0 unspecified atom stereocenters. The molecule has 1 N–H and O–H groups in total. The molecule has 0 aliphatic rings. The van der Waals surface area contributed by atoms with Crippen molar-refractivity contribution >= 4 is 23.2 Å². The van der Waals surface area contributed by atoms with Crippen LogP contribution in [0.2, 0.25) is 0 Å². The lowest BCUT2D eigenvalue weighted by Crippen LogP contribution is -2.50. The number of para-hydroxylation sites is 2. The number of hydrogen-bond acceptors (Lipinski definition) is 2. The van der Waals surface area contributed by atoms with Crippen molar-refractivity contribution in [3.8, 4) is 0 Å². The van der Waals surface area contributed by atoms with Crippen molar-refractivity contribution in [2.24, 2.45) is 0 Å². The normalized spacial score (nSPS) is 10.9. The molecule has 0 aliphatic carbocycles. The first kappa shape index (κ1) is 15.8. The molecular weight excluding hydrogens is 276 g/mol. The third-order valence-corrected chi connectivity index (χ3v) is 3.11. The number of carbonyl (C=O) groups is 2. The average molecular weight is 296 g/mol. The predicted octanol–water partition coefficient (Wildman–Crippen LogP) is 3.46. The van der Waals surface area contributed by atoms with Gasteiger partial charge in [-0.25, -0.2) is 0 Å². The van der Waals surface area contributed by atoms with Gasteiger partial charge < -0.3 is 5.32 Å². The summed E-state index contributed by atoms with van der Waals surface area (Å²) in [7, 11) is 0. The van der Waals surface area contributed by atoms with Gasteiger partial charge >= 0.3 is 11.8 Å². The monoisotopic (exact) mass is 296 g/mol. The number of rotatable bonds is 2. The van der Waals surface area contributed by atoms with Crippen molar-refractivity contribution in [2.75, 3.05) is 10.2 Å². The second-order valence-electron chi connectivity index (χ2n) is 5.97. The molecule has 4 heteroatoms. The van der Waals surface area contributed by atoms with Gasteiger partial charge in [0.05, 0.1) is 0 Å². The van der Waals surface area contributed by atoms with E-state index in [1.807, 2.05) is 57.2 Å². The highest BCUT2D eigenvalue weighted by Gasteiger charge is 2.32. The largest absolute Gasteiger partial charge is 0.318 e. The molecule has 0 aromatic heterocycles. The van der Waals surface area contributed by atoms with Crippen LogP contribution in [0.5, 0.6) is 0 Å². The van der Waals surface area contributed by atoms with Crippen molar-refractivity contribution in [2.45, 2.75) is 26.3 Å². The number of anilines is 2. The predicted molar refractivity (Wildman–Crippen MR) is 88.8 cm³/mol. The van der Waals surface area contributed by atoms with E-state index in [1.54, 1.807) is 24.3 Å². The summed E-state index contributed by atoms with van der Waals surface area (Å²) in [5.74, 6) is -1.23.